The number of nitrogens with zero attached hydrogens (tertiary/aromatic N) is 2. The van der Waals surface area contributed by atoms with E-state index in [0.717, 1.165) is 26.1 Å². The van der Waals surface area contributed by atoms with Gasteiger partial charge in [0.15, 0.2) is 0 Å². The summed E-state index contributed by atoms with van der Waals surface area (Å²) in [6, 6.07) is 11.2. The minimum atomic E-state index is -0.0673. The highest BCUT2D eigenvalue weighted by Gasteiger charge is 2.32. The Balaban J connectivity index is 0.00000264. The van der Waals surface area contributed by atoms with Gasteiger partial charge in [-0.05, 0) is 32.8 Å². The van der Waals surface area contributed by atoms with E-state index < -0.39 is 0 Å². The largest absolute Gasteiger partial charge is 0.339 e. The molecule has 0 saturated carbocycles. The molecule has 1 heterocycles. The van der Waals surface area contributed by atoms with Crippen molar-refractivity contribution in [1.82, 2.24) is 9.80 Å². The van der Waals surface area contributed by atoms with Crippen molar-refractivity contribution in [2.75, 3.05) is 19.6 Å². The number of benzene rings is 1. The van der Waals surface area contributed by atoms with Crippen LogP contribution in [-0.4, -0.2) is 47.4 Å². The minimum Gasteiger partial charge on any atom is -0.339 e. The van der Waals surface area contributed by atoms with Gasteiger partial charge in [0.25, 0.3) is 0 Å². The maximum atomic E-state index is 12.3. The lowest BCUT2D eigenvalue weighted by Gasteiger charge is -2.30. The van der Waals surface area contributed by atoms with E-state index in [4.69, 9.17) is 5.73 Å². The number of hydrogen-bond donors (Lipinski definition) is 1. The van der Waals surface area contributed by atoms with E-state index in [1.807, 2.05) is 11.8 Å². The second kappa shape index (κ2) is 10.9. The van der Waals surface area contributed by atoms with Crippen LogP contribution in [0.5, 0.6) is 0 Å². The van der Waals surface area contributed by atoms with Gasteiger partial charge in [0.1, 0.15) is 0 Å². The molecule has 6 heteroatoms. The first-order valence-electron chi connectivity index (χ1n) is 8.37. The van der Waals surface area contributed by atoms with Crippen molar-refractivity contribution in [3.63, 3.8) is 0 Å². The molecule has 0 aliphatic carbocycles. The summed E-state index contributed by atoms with van der Waals surface area (Å²) in [5.41, 5.74) is 7.12. The highest BCUT2D eigenvalue weighted by Crippen LogP contribution is 2.26. The van der Waals surface area contributed by atoms with Crippen LogP contribution in [0.1, 0.15) is 45.2 Å². The van der Waals surface area contributed by atoms with E-state index in [1.54, 1.807) is 0 Å². The van der Waals surface area contributed by atoms with Crippen molar-refractivity contribution in [3.8, 4) is 0 Å². The zero-order valence-electron chi connectivity index (χ0n) is 14.9. The summed E-state index contributed by atoms with van der Waals surface area (Å²) in [6.45, 7) is 8.96. The molecule has 1 saturated heterocycles. The van der Waals surface area contributed by atoms with E-state index in [9.17, 15) is 4.79 Å². The molecule has 0 aromatic heterocycles. The van der Waals surface area contributed by atoms with Gasteiger partial charge >= 0.3 is 0 Å². The Morgan fingerprint density at radius 2 is 1.92 bits per heavy atom. The van der Waals surface area contributed by atoms with E-state index >= 15 is 0 Å². The zero-order valence-corrected chi connectivity index (χ0v) is 16.5. The van der Waals surface area contributed by atoms with Crippen LogP contribution >= 0.6 is 24.8 Å². The summed E-state index contributed by atoms with van der Waals surface area (Å²) in [5, 5.41) is 0. The van der Waals surface area contributed by atoms with Crippen LogP contribution in [-0.2, 0) is 4.79 Å². The Morgan fingerprint density at radius 1 is 1.29 bits per heavy atom. The van der Waals surface area contributed by atoms with Crippen LogP contribution in [0.2, 0.25) is 0 Å². The molecule has 1 fully saturated rings. The fourth-order valence-corrected chi connectivity index (χ4v) is 3.35. The number of likely N-dealkylation sites (N-methyl/N-ethyl adjacent to an activating group) is 1. The first-order valence-corrected chi connectivity index (χ1v) is 8.37. The van der Waals surface area contributed by atoms with Crippen LogP contribution < -0.4 is 5.73 Å². The SMILES string of the molecule is CCN(C(=O)CC(C)N)C1CCN(C(C)c2ccccc2)C1.Cl.Cl. The lowest BCUT2D eigenvalue weighted by molar-refractivity contribution is -0.133. The Bertz CT molecular complexity index is 484. The number of carbonyl (C=O) groups is 1. The molecule has 2 N–H and O–H groups in total. The molecule has 1 amide bonds. The lowest BCUT2D eigenvalue weighted by atomic mass is 10.1. The third kappa shape index (κ3) is 5.92. The number of rotatable bonds is 6. The fourth-order valence-electron chi connectivity index (χ4n) is 3.35. The molecule has 1 aliphatic heterocycles. The van der Waals surface area contributed by atoms with Gasteiger partial charge in [-0.1, -0.05) is 30.3 Å². The molecule has 2 rings (SSSR count). The average Bonchev–Trinajstić information content (AvgIpc) is 2.97. The molecule has 1 aromatic carbocycles. The predicted octanol–water partition coefficient (Wildman–Crippen LogP) is 3.25. The lowest BCUT2D eigenvalue weighted by Crippen LogP contribution is -2.43. The smallest absolute Gasteiger partial charge is 0.224 e. The number of nitrogens with two attached hydrogens (primary N) is 1. The molecule has 3 atom stereocenters. The van der Waals surface area contributed by atoms with Gasteiger partial charge in [-0.25, -0.2) is 0 Å². The van der Waals surface area contributed by atoms with Crippen molar-refractivity contribution in [2.45, 2.75) is 51.7 Å². The molecule has 138 valence electrons. The quantitative estimate of drug-likeness (QED) is 0.829. The van der Waals surface area contributed by atoms with E-state index in [0.29, 0.717) is 18.5 Å². The molecule has 1 aromatic rings. The van der Waals surface area contributed by atoms with Crippen molar-refractivity contribution in [1.29, 1.82) is 0 Å². The molecular formula is C18H31Cl2N3O. The monoisotopic (exact) mass is 375 g/mol. The third-order valence-electron chi connectivity index (χ3n) is 4.62. The van der Waals surface area contributed by atoms with Crippen molar-refractivity contribution in [3.05, 3.63) is 35.9 Å². The topological polar surface area (TPSA) is 49.6 Å². The first-order chi connectivity index (χ1) is 10.5. The van der Waals surface area contributed by atoms with Crippen LogP contribution in [0.4, 0.5) is 0 Å². The Labute approximate surface area is 158 Å². The molecule has 3 unspecified atom stereocenters. The van der Waals surface area contributed by atoms with Gasteiger partial charge in [-0.15, -0.1) is 24.8 Å². The zero-order chi connectivity index (χ0) is 16.1. The van der Waals surface area contributed by atoms with E-state index in [-0.39, 0.29) is 36.8 Å². The maximum absolute atomic E-state index is 12.3. The Hall–Kier alpha value is -0.810. The highest BCUT2D eigenvalue weighted by molar-refractivity contribution is 5.85. The molecule has 4 nitrogen and oxygen atoms in total. The highest BCUT2D eigenvalue weighted by atomic mass is 35.5. The number of halogens is 2. The maximum Gasteiger partial charge on any atom is 0.224 e. The number of likely N-dealkylation sites (tertiary alicyclic amines) is 1. The molecule has 0 spiro atoms. The van der Waals surface area contributed by atoms with Gasteiger partial charge < -0.3 is 10.6 Å². The number of hydrogen-bond acceptors (Lipinski definition) is 3. The van der Waals surface area contributed by atoms with Gasteiger partial charge in [0, 0.05) is 44.2 Å². The minimum absolute atomic E-state index is 0. The summed E-state index contributed by atoms with van der Waals surface area (Å²) in [5.74, 6) is 0.191. The summed E-state index contributed by atoms with van der Waals surface area (Å²) in [6.07, 6.45) is 1.49. The van der Waals surface area contributed by atoms with Gasteiger partial charge in [-0.2, -0.15) is 0 Å². The second-order valence-electron chi connectivity index (χ2n) is 6.39. The molecule has 1 aliphatic rings. The first kappa shape index (κ1) is 23.2. The van der Waals surface area contributed by atoms with Crippen LogP contribution in [0.15, 0.2) is 30.3 Å². The van der Waals surface area contributed by atoms with Gasteiger partial charge in [-0.3, -0.25) is 9.69 Å². The average molecular weight is 376 g/mol. The Morgan fingerprint density at radius 3 is 2.46 bits per heavy atom. The van der Waals surface area contributed by atoms with Gasteiger partial charge in [0.2, 0.25) is 5.91 Å². The molecule has 24 heavy (non-hydrogen) atoms. The molecule has 0 radical (unpaired) electrons. The summed E-state index contributed by atoms with van der Waals surface area (Å²) in [7, 11) is 0. The van der Waals surface area contributed by atoms with E-state index in [1.165, 1.54) is 5.56 Å². The van der Waals surface area contributed by atoms with E-state index in [2.05, 4.69) is 49.1 Å². The van der Waals surface area contributed by atoms with Crippen molar-refractivity contribution >= 4 is 30.7 Å². The number of amides is 1. The normalized spacial score (nSPS) is 19.8. The van der Waals surface area contributed by atoms with Crippen molar-refractivity contribution < 1.29 is 4.79 Å². The third-order valence-corrected chi connectivity index (χ3v) is 4.62. The van der Waals surface area contributed by atoms with Crippen LogP contribution in [0.25, 0.3) is 0 Å². The summed E-state index contributed by atoms with van der Waals surface area (Å²) >= 11 is 0. The molecular weight excluding hydrogens is 345 g/mol. The van der Waals surface area contributed by atoms with Gasteiger partial charge in [0.05, 0.1) is 0 Å². The number of carbonyl (C=O) groups excluding carboxylic acids is 1. The second-order valence-corrected chi connectivity index (χ2v) is 6.39. The molecule has 0 bridgehead atoms. The van der Waals surface area contributed by atoms with Crippen molar-refractivity contribution in [2.24, 2.45) is 5.73 Å². The standard InChI is InChI=1S/C18H29N3O.2ClH/c1-4-21(18(22)12-14(2)19)17-10-11-20(13-17)15(3)16-8-6-5-7-9-16;;/h5-9,14-15,17H,4,10-13,19H2,1-3H3;2*1H. The predicted molar refractivity (Wildman–Crippen MR) is 105 cm³/mol. The van der Waals surface area contributed by atoms with Crippen LogP contribution in [0, 0.1) is 0 Å². The summed E-state index contributed by atoms with van der Waals surface area (Å²) < 4.78 is 0. The Kier molecular flexibility index (Phi) is 10.6. The summed E-state index contributed by atoms with van der Waals surface area (Å²) in [4.78, 5) is 16.8. The van der Waals surface area contributed by atoms with Crippen LogP contribution in [0.3, 0.4) is 0 Å². The fraction of sp³-hybridized carbons (Fsp3) is 0.611.